The third kappa shape index (κ3) is 8.14. The molecule has 0 fully saturated rings. The molecule has 0 atom stereocenters. The summed E-state index contributed by atoms with van der Waals surface area (Å²) in [6.45, 7) is 6.68. The molecule has 0 radical (unpaired) electrons. The highest BCUT2D eigenvalue weighted by atomic mass is 32.1. The molecule has 0 saturated heterocycles. The molecule has 1 aromatic carbocycles. The lowest BCUT2D eigenvalue weighted by atomic mass is 10.1. The zero-order valence-corrected chi connectivity index (χ0v) is 17.9. The summed E-state index contributed by atoms with van der Waals surface area (Å²) in [5.74, 6) is -0.558. The van der Waals surface area contributed by atoms with Crippen molar-refractivity contribution < 1.29 is 24.2 Å². The number of nitrogens with one attached hydrogen (secondary N) is 1. The molecule has 0 aliphatic heterocycles. The number of thiazole rings is 1. The number of carbonyl (C=O) groups is 2. The third-order valence-electron chi connectivity index (χ3n) is 3.69. The number of hydrogen-bond donors (Lipinski definition) is 2. The number of aliphatic carboxylic acids is 1. The molecule has 1 heterocycles. The minimum Gasteiger partial charge on any atom is -0.493 e. The summed E-state index contributed by atoms with van der Waals surface area (Å²) in [5.41, 5.74) is 3.83. The van der Waals surface area contributed by atoms with Crippen LogP contribution in [-0.4, -0.2) is 34.9 Å². The highest BCUT2D eigenvalue weighted by Gasteiger charge is 2.10. The van der Waals surface area contributed by atoms with Gasteiger partial charge in [0, 0.05) is 17.1 Å². The van der Waals surface area contributed by atoms with Gasteiger partial charge in [0.25, 0.3) is 5.91 Å². The summed E-state index contributed by atoms with van der Waals surface area (Å²) in [5, 5.41) is 13.2. The standard InChI is InChI=1S/C21H25N3O5S/c1-14(2)8-29-19-5-16(9-28-10-18-11-30-13-24-18)4-17(6-19)20(25)23-12-22-7-15(3)21(26)27/h4-7,11-14H,8-10H2,1-3H3,(H,26,27)(H,22,23,25)/b15-7+. The zero-order chi connectivity index (χ0) is 21.9. The van der Waals surface area contributed by atoms with E-state index in [0.717, 1.165) is 23.8 Å². The average Bonchev–Trinajstić information content (AvgIpc) is 3.22. The van der Waals surface area contributed by atoms with E-state index in [2.05, 4.69) is 15.3 Å². The molecule has 0 aliphatic rings. The number of hydrogen-bond acceptors (Lipinski definition) is 7. The Morgan fingerprint density at radius 3 is 2.77 bits per heavy atom. The minimum absolute atomic E-state index is 0.0594. The van der Waals surface area contributed by atoms with Gasteiger partial charge in [0.05, 0.1) is 42.9 Å². The minimum atomic E-state index is -1.07. The molecular weight excluding hydrogens is 406 g/mol. The first kappa shape index (κ1) is 23.2. The van der Waals surface area contributed by atoms with Gasteiger partial charge in [-0.25, -0.2) is 14.8 Å². The van der Waals surface area contributed by atoms with Gasteiger partial charge < -0.3 is 19.9 Å². The van der Waals surface area contributed by atoms with Gasteiger partial charge in [0.1, 0.15) is 5.75 Å². The van der Waals surface area contributed by atoms with Crippen LogP contribution in [0.3, 0.4) is 0 Å². The number of ether oxygens (including phenoxy) is 2. The number of aliphatic imine (C=N–C) groups is 1. The molecule has 1 aromatic heterocycles. The van der Waals surface area contributed by atoms with Gasteiger partial charge in [-0.2, -0.15) is 0 Å². The second kappa shape index (κ2) is 11.8. The van der Waals surface area contributed by atoms with Crippen molar-refractivity contribution in [3.63, 3.8) is 0 Å². The lowest BCUT2D eigenvalue weighted by Crippen LogP contribution is -2.21. The number of amides is 1. The first-order chi connectivity index (χ1) is 14.3. The molecule has 160 valence electrons. The van der Waals surface area contributed by atoms with Gasteiger partial charge in [0.15, 0.2) is 0 Å². The van der Waals surface area contributed by atoms with Crippen LogP contribution in [0.2, 0.25) is 0 Å². The Morgan fingerprint density at radius 1 is 1.30 bits per heavy atom. The van der Waals surface area contributed by atoms with E-state index in [-0.39, 0.29) is 5.57 Å². The normalized spacial score (nSPS) is 11.8. The van der Waals surface area contributed by atoms with Gasteiger partial charge in [-0.15, -0.1) is 11.3 Å². The monoisotopic (exact) mass is 431 g/mol. The van der Waals surface area contributed by atoms with E-state index in [9.17, 15) is 9.59 Å². The Hall–Kier alpha value is -3.04. The van der Waals surface area contributed by atoms with Crippen molar-refractivity contribution in [3.8, 4) is 5.75 Å². The predicted molar refractivity (Wildman–Crippen MR) is 115 cm³/mol. The number of carboxylic acids is 1. The predicted octanol–water partition coefficient (Wildman–Crippen LogP) is 3.64. The highest BCUT2D eigenvalue weighted by Crippen LogP contribution is 2.19. The molecule has 9 heteroatoms. The summed E-state index contributed by atoms with van der Waals surface area (Å²) >= 11 is 1.50. The number of nitrogens with zero attached hydrogens (tertiary/aromatic N) is 2. The number of rotatable bonds is 11. The van der Waals surface area contributed by atoms with E-state index >= 15 is 0 Å². The van der Waals surface area contributed by atoms with Gasteiger partial charge in [-0.05, 0) is 36.6 Å². The van der Waals surface area contributed by atoms with E-state index in [4.69, 9.17) is 14.6 Å². The Balaban J connectivity index is 2.07. The van der Waals surface area contributed by atoms with Crippen LogP contribution in [0, 0.1) is 5.92 Å². The molecule has 0 bridgehead atoms. The van der Waals surface area contributed by atoms with Crippen molar-refractivity contribution in [3.05, 3.63) is 57.7 Å². The van der Waals surface area contributed by atoms with Crippen molar-refractivity contribution in [1.82, 2.24) is 10.3 Å². The Kier molecular flexibility index (Phi) is 9.17. The number of carbonyl (C=O) groups excluding carboxylic acids is 1. The second-order valence-corrected chi connectivity index (χ2v) is 7.63. The third-order valence-corrected chi connectivity index (χ3v) is 4.32. The van der Waals surface area contributed by atoms with Crippen LogP contribution >= 0.6 is 11.3 Å². The van der Waals surface area contributed by atoms with Crippen molar-refractivity contribution in [2.75, 3.05) is 6.61 Å². The number of benzene rings is 1. The highest BCUT2D eigenvalue weighted by molar-refractivity contribution is 7.07. The molecule has 0 spiro atoms. The molecule has 2 N–H and O–H groups in total. The first-order valence-electron chi connectivity index (χ1n) is 9.29. The molecule has 0 unspecified atom stereocenters. The fourth-order valence-corrected chi connectivity index (χ4v) is 2.73. The second-order valence-electron chi connectivity index (χ2n) is 6.91. The molecule has 0 saturated carbocycles. The quantitative estimate of drug-likeness (QED) is 0.319. The van der Waals surface area contributed by atoms with Crippen LogP contribution in [0.5, 0.6) is 5.75 Å². The van der Waals surface area contributed by atoms with Crippen molar-refractivity contribution in [1.29, 1.82) is 0 Å². The molecule has 0 aliphatic carbocycles. The number of aromatic nitrogens is 1. The summed E-state index contributed by atoms with van der Waals surface area (Å²) in [6.07, 6.45) is 2.30. The maximum atomic E-state index is 12.5. The van der Waals surface area contributed by atoms with Gasteiger partial charge in [0.2, 0.25) is 0 Å². The van der Waals surface area contributed by atoms with E-state index < -0.39 is 11.9 Å². The topological polar surface area (TPSA) is 110 Å². The van der Waals surface area contributed by atoms with Crippen LogP contribution in [0.4, 0.5) is 0 Å². The van der Waals surface area contributed by atoms with E-state index in [0.29, 0.717) is 37.1 Å². The van der Waals surface area contributed by atoms with Gasteiger partial charge in [-0.1, -0.05) is 13.8 Å². The van der Waals surface area contributed by atoms with Gasteiger partial charge >= 0.3 is 5.97 Å². The SMILES string of the molecule is C/C(=C\N=CNC(=O)c1cc(COCc2cscn2)cc(OCC(C)C)c1)C(=O)O. The summed E-state index contributed by atoms with van der Waals surface area (Å²) < 4.78 is 11.5. The van der Waals surface area contributed by atoms with Crippen LogP contribution < -0.4 is 10.1 Å². The van der Waals surface area contributed by atoms with Crippen molar-refractivity contribution in [2.24, 2.45) is 10.9 Å². The van der Waals surface area contributed by atoms with Gasteiger partial charge in [-0.3, -0.25) is 4.79 Å². The van der Waals surface area contributed by atoms with Crippen LogP contribution in [-0.2, 0) is 22.7 Å². The summed E-state index contributed by atoms with van der Waals surface area (Å²) in [6, 6.07) is 5.20. The average molecular weight is 432 g/mol. The summed E-state index contributed by atoms with van der Waals surface area (Å²) in [7, 11) is 0. The molecular formula is C21H25N3O5S. The maximum Gasteiger partial charge on any atom is 0.332 e. The summed E-state index contributed by atoms with van der Waals surface area (Å²) in [4.78, 5) is 31.2. The molecule has 2 rings (SSSR count). The van der Waals surface area contributed by atoms with Crippen LogP contribution in [0.25, 0.3) is 0 Å². The molecule has 2 aromatic rings. The fraction of sp³-hybridized carbons (Fsp3) is 0.333. The lowest BCUT2D eigenvalue weighted by Gasteiger charge is -2.12. The Labute approximate surface area is 179 Å². The van der Waals surface area contributed by atoms with E-state index in [1.165, 1.54) is 18.3 Å². The maximum absolute atomic E-state index is 12.5. The fourth-order valence-electron chi connectivity index (χ4n) is 2.19. The Bertz CT molecular complexity index is 907. The lowest BCUT2D eigenvalue weighted by molar-refractivity contribution is -0.132. The van der Waals surface area contributed by atoms with Crippen molar-refractivity contribution in [2.45, 2.75) is 34.0 Å². The van der Waals surface area contributed by atoms with Crippen LogP contribution in [0.1, 0.15) is 42.4 Å². The van der Waals surface area contributed by atoms with E-state index in [1.54, 1.807) is 17.6 Å². The van der Waals surface area contributed by atoms with E-state index in [1.807, 2.05) is 25.3 Å². The number of carboxylic acid groups (broad SMARTS) is 1. The van der Waals surface area contributed by atoms with Crippen LogP contribution in [0.15, 0.2) is 45.9 Å². The molecule has 8 nitrogen and oxygen atoms in total. The Morgan fingerprint density at radius 2 is 2.10 bits per heavy atom. The van der Waals surface area contributed by atoms with Crippen molar-refractivity contribution >= 4 is 29.6 Å². The molecule has 30 heavy (non-hydrogen) atoms. The largest absolute Gasteiger partial charge is 0.493 e. The smallest absolute Gasteiger partial charge is 0.332 e. The zero-order valence-electron chi connectivity index (χ0n) is 17.1. The molecule has 1 amide bonds. The first-order valence-corrected chi connectivity index (χ1v) is 10.2.